The van der Waals surface area contributed by atoms with Crippen molar-refractivity contribution < 1.29 is 10.2 Å². The third kappa shape index (κ3) is 3.69. The number of nitrogen functional groups attached to an aromatic ring is 1. The first-order chi connectivity index (χ1) is 8.67. The minimum Gasteiger partial charge on any atom is -0.396 e. The molecule has 1 aromatic rings. The lowest BCUT2D eigenvalue weighted by Gasteiger charge is -2.33. The van der Waals surface area contributed by atoms with Gasteiger partial charge in [0.2, 0.25) is 0 Å². The third-order valence-corrected chi connectivity index (χ3v) is 3.38. The van der Waals surface area contributed by atoms with E-state index in [1.54, 1.807) is 17.1 Å². The molecule has 6 nitrogen and oxygen atoms in total. The van der Waals surface area contributed by atoms with E-state index in [1.165, 1.54) is 0 Å². The number of aliphatic hydroxyl groups is 2. The number of nitrogens with two attached hydrogens (primary N) is 1. The fourth-order valence-electron chi connectivity index (χ4n) is 2.52. The van der Waals surface area contributed by atoms with Gasteiger partial charge in [-0.2, -0.15) is 5.10 Å². The predicted octanol–water partition coefficient (Wildman–Crippen LogP) is -0.470. The number of hydrogen-bond donors (Lipinski definition) is 3. The van der Waals surface area contributed by atoms with Crippen LogP contribution < -0.4 is 5.73 Å². The number of likely N-dealkylation sites (tertiary alicyclic amines) is 1. The molecule has 2 unspecified atom stereocenters. The van der Waals surface area contributed by atoms with Gasteiger partial charge in [-0.15, -0.1) is 0 Å². The van der Waals surface area contributed by atoms with Crippen LogP contribution in [0.25, 0.3) is 0 Å². The summed E-state index contributed by atoms with van der Waals surface area (Å²) in [6.07, 6.45) is 5.01. The van der Waals surface area contributed by atoms with Crippen LogP contribution in [0.4, 0.5) is 5.69 Å². The summed E-state index contributed by atoms with van der Waals surface area (Å²) in [5, 5.41) is 23.2. The van der Waals surface area contributed by atoms with E-state index in [9.17, 15) is 5.11 Å². The molecule has 6 heteroatoms. The summed E-state index contributed by atoms with van der Waals surface area (Å²) >= 11 is 0. The van der Waals surface area contributed by atoms with Crippen LogP contribution in [0.2, 0.25) is 0 Å². The second kappa shape index (κ2) is 6.17. The van der Waals surface area contributed by atoms with Crippen molar-refractivity contribution in [3.05, 3.63) is 12.4 Å². The Hall–Kier alpha value is -1.11. The molecule has 0 spiro atoms. The molecule has 18 heavy (non-hydrogen) atoms. The van der Waals surface area contributed by atoms with Gasteiger partial charge in [0.15, 0.2) is 0 Å². The molecule has 0 bridgehead atoms. The maximum Gasteiger partial charge on any atom is 0.0862 e. The fourth-order valence-corrected chi connectivity index (χ4v) is 2.52. The predicted molar refractivity (Wildman–Crippen MR) is 68.9 cm³/mol. The molecule has 1 aromatic heterocycles. The maximum atomic E-state index is 10.0. The minimum absolute atomic E-state index is 0.238. The van der Waals surface area contributed by atoms with E-state index in [-0.39, 0.29) is 6.61 Å². The second-order valence-corrected chi connectivity index (χ2v) is 5.10. The standard InChI is InChI=1S/C12H22N4O2/c13-11-4-14-16(6-11)8-12(18)7-15-3-1-2-10(5-15)9-17/h4,6,10,12,17-18H,1-3,5,7-9,13H2. The van der Waals surface area contributed by atoms with Crippen molar-refractivity contribution in [2.24, 2.45) is 5.92 Å². The molecule has 2 rings (SSSR count). The van der Waals surface area contributed by atoms with Gasteiger partial charge in [0.25, 0.3) is 0 Å². The highest BCUT2D eigenvalue weighted by Gasteiger charge is 2.21. The van der Waals surface area contributed by atoms with E-state index >= 15 is 0 Å². The molecule has 0 radical (unpaired) electrons. The molecule has 1 fully saturated rings. The second-order valence-electron chi connectivity index (χ2n) is 5.10. The van der Waals surface area contributed by atoms with Crippen molar-refractivity contribution in [3.8, 4) is 0 Å². The highest BCUT2D eigenvalue weighted by atomic mass is 16.3. The Morgan fingerprint density at radius 3 is 3.00 bits per heavy atom. The van der Waals surface area contributed by atoms with E-state index in [2.05, 4.69) is 10.00 Å². The van der Waals surface area contributed by atoms with Crippen LogP contribution in [0.5, 0.6) is 0 Å². The van der Waals surface area contributed by atoms with Gasteiger partial charge in [0.1, 0.15) is 0 Å². The van der Waals surface area contributed by atoms with Gasteiger partial charge >= 0.3 is 0 Å². The highest BCUT2D eigenvalue weighted by molar-refractivity contribution is 5.30. The molecule has 0 saturated carbocycles. The molecule has 0 aromatic carbocycles. The molecular weight excluding hydrogens is 232 g/mol. The molecule has 0 amide bonds. The minimum atomic E-state index is -0.457. The normalized spacial score (nSPS) is 23.1. The van der Waals surface area contributed by atoms with E-state index in [4.69, 9.17) is 10.8 Å². The molecule has 1 aliphatic heterocycles. The molecule has 1 saturated heterocycles. The van der Waals surface area contributed by atoms with Crippen LogP contribution in [0.3, 0.4) is 0 Å². The van der Waals surface area contributed by atoms with Crippen LogP contribution >= 0.6 is 0 Å². The molecule has 4 N–H and O–H groups in total. The Balaban J connectivity index is 1.78. The number of aromatic nitrogens is 2. The molecule has 102 valence electrons. The number of aliphatic hydroxyl groups excluding tert-OH is 2. The van der Waals surface area contributed by atoms with Crippen molar-refractivity contribution in [2.45, 2.75) is 25.5 Å². The Labute approximate surface area is 107 Å². The summed E-state index contributed by atoms with van der Waals surface area (Å²) in [6, 6.07) is 0. The van der Waals surface area contributed by atoms with E-state index in [1.807, 2.05) is 0 Å². The Morgan fingerprint density at radius 1 is 1.50 bits per heavy atom. The summed E-state index contributed by atoms with van der Waals surface area (Å²) in [5.74, 6) is 0.353. The van der Waals surface area contributed by atoms with Gasteiger partial charge in [-0.3, -0.25) is 4.68 Å². The monoisotopic (exact) mass is 254 g/mol. The summed E-state index contributed by atoms with van der Waals surface area (Å²) in [7, 11) is 0. The number of β-amino-alcohol motifs (C(OH)–C–C–N with tert-alkyl or cyclic N) is 1. The van der Waals surface area contributed by atoms with Crippen LogP contribution in [-0.2, 0) is 6.54 Å². The molecule has 2 atom stereocenters. The number of hydrogen-bond acceptors (Lipinski definition) is 5. The van der Waals surface area contributed by atoms with Gasteiger partial charge in [-0.05, 0) is 25.3 Å². The topological polar surface area (TPSA) is 87.5 Å². The lowest BCUT2D eigenvalue weighted by atomic mass is 9.99. The van der Waals surface area contributed by atoms with Crippen molar-refractivity contribution in [3.63, 3.8) is 0 Å². The van der Waals surface area contributed by atoms with Crippen molar-refractivity contribution in [1.82, 2.24) is 14.7 Å². The largest absolute Gasteiger partial charge is 0.396 e. The smallest absolute Gasteiger partial charge is 0.0862 e. The number of nitrogens with zero attached hydrogens (tertiary/aromatic N) is 3. The first kappa shape index (κ1) is 13.3. The lowest BCUT2D eigenvalue weighted by molar-refractivity contribution is 0.0585. The zero-order valence-electron chi connectivity index (χ0n) is 10.6. The van der Waals surface area contributed by atoms with Gasteiger partial charge in [-0.25, -0.2) is 0 Å². The Kier molecular flexibility index (Phi) is 4.57. The number of piperidine rings is 1. The van der Waals surface area contributed by atoms with Crippen LogP contribution in [0, 0.1) is 5.92 Å². The average molecular weight is 254 g/mol. The zero-order valence-corrected chi connectivity index (χ0v) is 10.6. The number of anilines is 1. The van der Waals surface area contributed by atoms with Crippen molar-refractivity contribution >= 4 is 5.69 Å². The summed E-state index contributed by atoms with van der Waals surface area (Å²) in [4.78, 5) is 2.21. The van der Waals surface area contributed by atoms with E-state index in [0.29, 0.717) is 24.7 Å². The van der Waals surface area contributed by atoms with Gasteiger partial charge < -0.3 is 20.8 Å². The van der Waals surface area contributed by atoms with Gasteiger partial charge in [0, 0.05) is 25.9 Å². The summed E-state index contributed by atoms with van der Waals surface area (Å²) < 4.78 is 1.66. The molecule has 2 heterocycles. The van der Waals surface area contributed by atoms with E-state index < -0.39 is 6.10 Å². The van der Waals surface area contributed by atoms with Crippen molar-refractivity contribution in [2.75, 3.05) is 32.0 Å². The maximum absolute atomic E-state index is 10.0. The molecule has 0 aliphatic carbocycles. The van der Waals surface area contributed by atoms with E-state index in [0.717, 1.165) is 25.9 Å². The average Bonchev–Trinajstić information content (AvgIpc) is 2.74. The summed E-state index contributed by atoms with van der Waals surface area (Å²) in [6.45, 7) is 3.18. The van der Waals surface area contributed by atoms with Crippen LogP contribution in [0.1, 0.15) is 12.8 Å². The van der Waals surface area contributed by atoms with Gasteiger partial charge in [-0.1, -0.05) is 0 Å². The first-order valence-corrected chi connectivity index (χ1v) is 6.46. The molecule has 1 aliphatic rings. The van der Waals surface area contributed by atoms with Gasteiger partial charge in [0.05, 0.1) is 24.5 Å². The number of rotatable bonds is 5. The lowest BCUT2D eigenvalue weighted by Crippen LogP contribution is -2.42. The fraction of sp³-hybridized carbons (Fsp3) is 0.750. The van der Waals surface area contributed by atoms with Crippen LogP contribution in [-0.4, -0.2) is 57.2 Å². The quantitative estimate of drug-likeness (QED) is 0.661. The highest BCUT2D eigenvalue weighted by Crippen LogP contribution is 2.16. The van der Waals surface area contributed by atoms with Crippen molar-refractivity contribution in [1.29, 1.82) is 0 Å². The summed E-state index contributed by atoms with van der Waals surface area (Å²) in [5.41, 5.74) is 6.18. The van der Waals surface area contributed by atoms with Crippen LogP contribution in [0.15, 0.2) is 12.4 Å². The zero-order chi connectivity index (χ0) is 13.0. The Bertz CT molecular complexity index is 369. The third-order valence-electron chi connectivity index (χ3n) is 3.38. The first-order valence-electron chi connectivity index (χ1n) is 6.46. The Morgan fingerprint density at radius 2 is 2.33 bits per heavy atom. The molecular formula is C12H22N4O2. The SMILES string of the molecule is Nc1cnn(CC(O)CN2CCCC(CO)C2)c1.